The van der Waals surface area contributed by atoms with E-state index in [1.165, 1.54) is 29.5 Å². The van der Waals surface area contributed by atoms with E-state index in [4.69, 9.17) is 4.98 Å². The van der Waals surface area contributed by atoms with Crippen molar-refractivity contribution in [2.75, 3.05) is 31.6 Å². The van der Waals surface area contributed by atoms with Crippen molar-refractivity contribution in [3.05, 3.63) is 53.9 Å². The van der Waals surface area contributed by atoms with Crippen molar-refractivity contribution in [1.29, 1.82) is 0 Å². The number of anilines is 1. The predicted molar refractivity (Wildman–Crippen MR) is 118 cm³/mol. The van der Waals surface area contributed by atoms with Gasteiger partial charge in [-0.25, -0.2) is 4.98 Å². The summed E-state index contributed by atoms with van der Waals surface area (Å²) >= 11 is 0. The van der Waals surface area contributed by atoms with Crippen LogP contribution in [-0.2, 0) is 12.8 Å². The minimum atomic E-state index is 1.01. The van der Waals surface area contributed by atoms with Crippen molar-refractivity contribution in [3.63, 3.8) is 0 Å². The molecule has 1 aliphatic rings. The van der Waals surface area contributed by atoms with Crippen molar-refractivity contribution in [1.82, 2.24) is 15.3 Å². The van der Waals surface area contributed by atoms with Gasteiger partial charge in [0, 0.05) is 41.6 Å². The molecular formula is C24H30N4. The van der Waals surface area contributed by atoms with Gasteiger partial charge in [0.1, 0.15) is 0 Å². The van der Waals surface area contributed by atoms with Crippen molar-refractivity contribution >= 4 is 16.6 Å². The zero-order chi connectivity index (χ0) is 19.3. The Morgan fingerprint density at radius 2 is 1.93 bits per heavy atom. The number of pyridine rings is 2. The summed E-state index contributed by atoms with van der Waals surface area (Å²) in [6.45, 7) is 5.49. The van der Waals surface area contributed by atoms with Crippen LogP contribution in [0.2, 0.25) is 0 Å². The summed E-state index contributed by atoms with van der Waals surface area (Å²) in [5.41, 5.74) is 7.02. The summed E-state index contributed by atoms with van der Waals surface area (Å²) in [6, 6.07) is 13.3. The molecule has 1 aliphatic heterocycles. The molecule has 0 bridgehead atoms. The number of hydrogen-bond acceptors (Lipinski definition) is 4. The second-order valence-corrected chi connectivity index (χ2v) is 7.67. The molecule has 28 heavy (non-hydrogen) atoms. The Bertz CT molecular complexity index is 927. The molecule has 0 unspecified atom stereocenters. The van der Waals surface area contributed by atoms with Crippen LogP contribution in [0.1, 0.15) is 37.4 Å². The smallest absolute Gasteiger partial charge is 0.0745 e. The van der Waals surface area contributed by atoms with Gasteiger partial charge in [0.25, 0.3) is 0 Å². The number of benzene rings is 1. The molecule has 1 aromatic carbocycles. The molecule has 4 rings (SSSR count). The summed E-state index contributed by atoms with van der Waals surface area (Å²) in [5, 5.41) is 4.46. The molecule has 1 saturated heterocycles. The van der Waals surface area contributed by atoms with E-state index in [9.17, 15) is 0 Å². The van der Waals surface area contributed by atoms with E-state index in [0.717, 1.165) is 61.4 Å². The fraction of sp³-hybridized carbons (Fsp3) is 0.417. The molecule has 0 aliphatic carbocycles. The topological polar surface area (TPSA) is 41.0 Å². The van der Waals surface area contributed by atoms with E-state index in [1.54, 1.807) is 0 Å². The minimum absolute atomic E-state index is 1.01. The van der Waals surface area contributed by atoms with Gasteiger partial charge in [0.15, 0.2) is 0 Å². The summed E-state index contributed by atoms with van der Waals surface area (Å²) in [4.78, 5) is 12.2. The van der Waals surface area contributed by atoms with Gasteiger partial charge in [-0.2, -0.15) is 0 Å². The second-order valence-electron chi connectivity index (χ2n) is 7.67. The average Bonchev–Trinajstić information content (AvgIpc) is 3.28. The molecule has 0 spiro atoms. The van der Waals surface area contributed by atoms with Gasteiger partial charge in [-0.05, 0) is 75.5 Å². The highest BCUT2D eigenvalue weighted by Gasteiger charge is 2.17. The maximum Gasteiger partial charge on any atom is 0.0745 e. The van der Waals surface area contributed by atoms with Gasteiger partial charge in [-0.15, -0.1) is 0 Å². The van der Waals surface area contributed by atoms with Crippen LogP contribution in [0.5, 0.6) is 0 Å². The number of nitrogens with zero attached hydrogens (tertiary/aromatic N) is 3. The monoisotopic (exact) mass is 374 g/mol. The lowest BCUT2D eigenvalue weighted by Gasteiger charge is -2.21. The quantitative estimate of drug-likeness (QED) is 0.613. The van der Waals surface area contributed by atoms with Crippen LogP contribution in [0, 0.1) is 0 Å². The third kappa shape index (κ3) is 4.02. The van der Waals surface area contributed by atoms with Gasteiger partial charge in [-0.1, -0.05) is 19.1 Å². The molecule has 4 nitrogen and oxygen atoms in total. The highest BCUT2D eigenvalue weighted by Crippen LogP contribution is 2.33. The van der Waals surface area contributed by atoms with Gasteiger partial charge in [0.05, 0.1) is 11.2 Å². The standard InChI is InChI=1S/C24H30N4/c1-3-18-8-11-21-23(15-18)27-22(16-24(21)28-13-4-5-14-28)19-9-10-20(26-17-19)7-6-12-25-2/h8-11,15-17,25H,3-7,12-14H2,1-2H3. The van der Waals surface area contributed by atoms with Gasteiger partial charge < -0.3 is 10.2 Å². The van der Waals surface area contributed by atoms with Crippen LogP contribution in [0.25, 0.3) is 22.2 Å². The number of fused-ring (bicyclic) bond motifs is 1. The molecule has 4 heteroatoms. The zero-order valence-corrected chi connectivity index (χ0v) is 17.0. The molecule has 0 amide bonds. The van der Waals surface area contributed by atoms with Crippen molar-refractivity contribution in [2.45, 2.75) is 39.0 Å². The highest BCUT2D eigenvalue weighted by molar-refractivity contribution is 5.94. The molecule has 1 N–H and O–H groups in total. The fourth-order valence-corrected chi connectivity index (χ4v) is 4.01. The molecule has 2 aromatic heterocycles. The van der Waals surface area contributed by atoms with E-state index < -0.39 is 0 Å². The van der Waals surface area contributed by atoms with Gasteiger partial charge in [-0.3, -0.25) is 4.98 Å². The molecular weight excluding hydrogens is 344 g/mol. The van der Waals surface area contributed by atoms with E-state index in [1.807, 2.05) is 13.2 Å². The van der Waals surface area contributed by atoms with Crippen LogP contribution in [-0.4, -0.2) is 36.6 Å². The van der Waals surface area contributed by atoms with Crippen LogP contribution in [0.3, 0.4) is 0 Å². The average molecular weight is 375 g/mol. The Balaban J connectivity index is 1.71. The lowest BCUT2D eigenvalue weighted by molar-refractivity contribution is 0.715. The fourth-order valence-electron chi connectivity index (χ4n) is 4.01. The lowest BCUT2D eigenvalue weighted by Crippen LogP contribution is -2.18. The summed E-state index contributed by atoms with van der Waals surface area (Å²) < 4.78 is 0. The van der Waals surface area contributed by atoms with Crippen molar-refractivity contribution < 1.29 is 0 Å². The summed E-state index contributed by atoms with van der Waals surface area (Å²) in [6.07, 6.45) is 7.68. The Kier molecular flexibility index (Phi) is 5.87. The highest BCUT2D eigenvalue weighted by atomic mass is 15.1. The van der Waals surface area contributed by atoms with E-state index in [2.05, 4.69) is 58.5 Å². The number of nitrogens with one attached hydrogen (secondary N) is 1. The molecule has 146 valence electrons. The van der Waals surface area contributed by atoms with Crippen LogP contribution in [0.15, 0.2) is 42.6 Å². The number of aryl methyl sites for hydroxylation is 2. The maximum absolute atomic E-state index is 5.01. The zero-order valence-electron chi connectivity index (χ0n) is 17.0. The Hall–Kier alpha value is -2.46. The first kappa shape index (κ1) is 18.9. The van der Waals surface area contributed by atoms with Crippen LogP contribution < -0.4 is 10.2 Å². The van der Waals surface area contributed by atoms with Crippen LogP contribution >= 0.6 is 0 Å². The van der Waals surface area contributed by atoms with Crippen LogP contribution in [0.4, 0.5) is 5.69 Å². The normalized spacial score (nSPS) is 14.1. The van der Waals surface area contributed by atoms with Gasteiger partial charge >= 0.3 is 0 Å². The Morgan fingerprint density at radius 1 is 1.07 bits per heavy atom. The Morgan fingerprint density at radius 3 is 2.64 bits per heavy atom. The number of rotatable bonds is 7. The predicted octanol–water partition coefficient (Wildman–Crippen LogP) is 4.61. The lowest BCUT2D eigenvalue weighted by atomic mass is 10.0. The summed E-state index contributed by atoms with van der Waals surface area (Å²) in [7, 11) is 1.99. The molecule has 3 aromatic rings. The van der Waals surface area contributed by atoms with Crippen molar-refractivity contribution in [3.8, 4) is 11.3 Å². The first-order valence-electron chi connectivity index (χ1n) is 10.6. The third-order valence-electron chi connectivity index (χ3n) is 5.69. The van der Waals surface area contributed by atoms with Crippen molar-refractivity contribution in [2.24, 2.45) is 0 Å². The summed E-state index contributed by atoms with van der Waals surface area (Å²) in [5.74, 6) is 0. The van der Waals surface area contributed by atoms with E-state index >= 15 is 0 Å². The molecule has 3 heterocycles. The molecule has 0 atom stereocenters. The number of hydrogen-bond donors (Lipinski definition) is 1. The molecule has 0 saturated carbocycles. The maximum atomic E-state index is 5.01. The molecule has 1 fully saturated rings. The third-order valence-corrected chi connectivity index (χ3v) is 5.69. The largest absolute Gasteiger partial charge is 0.371 e. The van der Waals surface area contributed by atoms with Gasteiger partial charge in [0.2, 0.25) is 0 Å². The van der Waals surface area contributed by atoms with E-state index in [-0.39, 0.29) is 0 Å². The SMILES string of the molecule is CCc1ccc2c(N3CCCC3)cc(-c3ccc(CCCNC)nc3)nc2c1. The first-order valence-corrected chi connectivity index (χ1v) is 10.6. The minimum Gasteiger partial charge on any atom is -0.371 e. The van der Waals surface area contributed by atoms with E-state index in [0.29, 0.717) is 0 Å². The first-order chi connectivity index (χ1) is 13.8. The number of aromatic nitrogens is 2. The second kappa shape index (κ2) is 8.70. The Labute approximate surface area is 168 Å². The molecule has 0 radical (unpaired) electrons.